The molecular weight excluding hydrogens is 289 g/mol. The molecule has 0 aliphatic carbocycles. The van der Waals surface area contributed by atoms with Gasteiger partial charge in [0.1, 0.15) is 11.6 Å². The highest BCUT2D eigenvalue weighted by atomic mass is 35.5. The summed E-state index contributed by atoms with van der Waals surface area (Å²) in [7, 11) is 3.47. The Morgan fingerprint density at radius 2 is 1.76 bits per heavy atom. The van der Waals surface area contributed by atoms with Gasteiger partial charge < -0.3 is 10.1 Å². The molecular formula is C17H19ClFNO. The summed E-state index contributed by atoms with van der Waals surface area (Å²) < 4.78 is 19.5. The number of rotatable bonds is 4. The summed E-state index contributed by atoms with van der Waals surface area (Å²) in [4.78, 5) is 0. The van der Waals surface area contributed by atoms with Crippen molar-refractivity contribution in [1.82, 2.24) is 5.32 Å². The molecule has 2 nitrogen and oxygen atoms in total. The highest BCUT2D eigenvalue weighted by molar-refractivity contribution is 6.30. The molecule has 21 heavy (non-hydrogen) atoms. The van der Waals surface area contributed by atoms with Gasteiger partial charge in [-0.3, -0.25) is 0 Å². The predicted octanol–water partition coefficient (Wildman–Crippen LogP) is 4.41. The van der Waals surface area contributed by atoms with E-state index in [9.17, 15) is 4.39 Å². The minimum atomic E-state index is -0.312. The minimum Gasteiger partial charge on any atom is -0.496 e. The summed E-state index contributed by atoms with van der Waals surface area (Å²) in [5.74, 6) is 0.554. The Bertz CT molecular complexity index is 634. The molecule has 0 radical (unpaired) electrons. The molecule has 2 aromatic carbocycles. The number of methoxy groups -OCH3 is 1. The third-order valence-corrected chi connectivity index (χ3v) is 3.82. The van der Waals surface area contributed by atoms with Gasteiger partial charge in [-0.2, -0.15) is 0 Å². The maximum atomic E-state index is 14.2. The molecule has 0 amide bonds. The van der Waals surface area contributed by atoms with E-state index in [1.54, 1.807) is 19.2 Å². The topological polar surface area (TPSA) is 21.3 Å². The first kappa shape index (κ1) is 15.8. The van der Waals surface area contributed by atoms with Crippen LogP contribution in [0.4, 0.5) is 4.39 Å². The van der Waals surface area contributed by atoms with Crippen molar-refractivity contribution in [3.8, 4) is 5.75 Å². The van der Waals surface area contributed by atoms with Gasteiger partial charge in [0.05, 0.1) is 13.2 Å². The third-order valence-electron chi connectivity index (χ3n) is 3.58. The number of nitrogens with one attached hydrogen (secondary N) is 1. The molecule has 0 heterocycles. The summed E-state index contributed by atoms with van der Waals surface area (Å²) in [6.45, 7) is 3.97. The van der Waals surface area contributed by atoms with Gasteiger partial charge in [-0.25, -0.2) is 4.39 Å². The van der Waals surface area contributed by atoms with Gasteiger partial charge in [-0.15, -0.1) is 0 Å². The summed E-state index contributed by atoms with van der Waals surface area (Å²) in [5.41, 5.74) is 3.63. The van der Waals surface area contributed by atoms with E-state index < -0.39 is 0 Å². The van der Waals surface area contributed by atoms with Crippen molar-refractivity contribution in [2.45, 2.75) is 19.9 Å². The van der Waals surface area contributed by atoms with Crippen LogP contribution in [0.1, 0.15) is 28.3 Å². The largest absolute Gasteiger partial charge is 0.496 e. The second-order valence-electron chi connectivity index (χ2n) is 5.08. The highest BCUT2D eigenvalue weighted by Gasteiger charge is 2.18. The van der Waals surface area contributed by atoms with Crippen molar-refractivity contribution >= 4 is 11.6 Å². The van der Waals surface area contributed by atoms with Crippen molar-refractivity contribution in [2.75, 3.05) is 14.2 Å². The van der Waals surface area contributed by atoms with Crippen LogP contribution in [0, 0.1) is 19.7 Å². The third kappa shape index (κ3) is 3.20. The van der Waals surface area contributed by atoms with Crippen LogP contribution in [0.3, 0.4) is 0 Å². The number of benzene rings is 2. The second kappa shape index (κ2) is 6.46. The van der Waals surface area contributed by atoms with Crippen LogP contribution >= 0.6 is 11.6 Å². The zero-order valence-electron chi connectivity index (χ0n) is 12.6. The first-order valence-electron chi connectivity index (χ1n) is 6.75. The molecule has 2 aromatic rings. The maximum absolute atomic E-state index is 14.2. The number of ether oxygens (including phenoxy) is 1. The predicted molar refractivity (Wildman–Crippen MR) is 84.8 cm³/mol. The molecule has 2 rings (SSSR count). The first-order valence-corrected chi connectivity index (χ1v) is 7.13. The van der Waals surface area contributed by atoms with Gasteiger partial charge in [0.25, 0.3) is 0 Å². The lowest BCUT2D eigenvalue weighted by atomic mass is 9.95. The van der Waals surface area contributed by atoms with Crippen LogP contribution in [-0.2, 0) is 0 Å². The smallest absolute Gasteiger partial charge is 0.129 e. The van der Waals surface area contributed by atoms with Crippen LogP contribution < -0.4 is 10.1 Å². The second-order valence-corrected chi connectivity index (χ2v) is 5.51. The Hall–Kier alpha value is -1.58. The van der Waals surface area contributed by atoms with E-state index in [-0.39, 0.29) is 11.9 Å². The van der Waals surface area contributed by atoms with Crippen molar-refractivity contribution in [3.63, 3.8) is 0 Å². The molecule has 4 heteroatoms. The number of hydrogen-bond donors (Lipinski definition) is 1. The molecule has 0 saturated heterocycles. The average Bonchev–Trinajstić information content (AvgIpc) is 2.41. The van der Waals surface area contributed by atoms with Crippen molar-refractivity contribution in [2.24, 2.45) is 0 Å². The lowest BCUT2D eigenvalue weighted by molar-refractivity contribution is 0.408. The number of hydrogen-bond acceptors (Lipinski definition) is 2. The summed E-state index contributed by atoms with van der Waals surface area (Å²) in [5, 5.41) is 3.56. The summed E-state index contributed by atoms with van der Waals surface area (Å²) in [6, 6.07) is 8.55. The summed E-state index contributed by atoms with van der Waals surface area (Å²) in [6.07, 6.45) is 0. The first-order chi connectivity index (χ1) is 9.97. The minimum absolute atomic E-state index is 0.231. The standard InChI is InChI=1S/C17H19ClFNO/c1-10-7-12(8-11(2)17(10)21-4)16(20-3)14-6-5-13(18)9-15(14)19/h5-9,16,20H,1-4H3. The lowest BCUT2D eigenvalue weighted by Gasteiger charge is -2.20. The normalized spacial score (nSPS) is 12.3. The molecule has 0 aliphatic rings. The van der Waals surface area contributed by atoms with Gasteiger partial charge in [0.15, 0.2) is 0 Å². The van der Waals surface area contributed by atoms with Gasteiger partial charge in [0, 0.05) is 10.6 Å². The fourth-order valence-corrected chi connectivity index (χ4v) is 2.87. The van der Waals surface area contributed by atoms with Gasteiger partial charge in [0.2, 0.25) is 0 Å². The summed E-state index contributed by atoms with van der Waals surface area (Å²) >= 11 is 5.82. The SMILES string of the molecule is CNC(c1cc(C)c(OC)c(C)c1)c1ccc(Cl)cc1F. The molecule has 0 bridgehead atoms. The van der Waals surface area contributed by atoms with Crippen LogP contribution in [0.2, 0.25) is 5.02 Å². The monoisotopic (exact) mass is 307 g/mol. The van der Waals surface area contributed by atoms with Crippen molar-refractivity contribution < 1.29 is 9.13 Å². The zero-order chi connectivity index (χ0) is 15.6. The molecule has 0 fully saturated rings. The van der Waals surface area contributed by atoms with E-state index >= 15 is 0 Å². The lowest BCUT2D eigenvalue weighted by Crippen LogP contribution is -2.19. The van der Waals surface area contributed by atoms with E-state index in [0.717, 1.165) is 22.4 Å². The maximum Gasteiger partial charge on any atom is 0.129 e. The van der Waals surface area contributed by atoms with Crippen molar-refractivity contribution in [1.29, 1.82) is 0 Å². The number of halogens is 2. The molecule has 0 saturated carbocycles. The average molecular weight is 308 g/mol. The van der Waals surface area contributed by atoms with E-state index in [0.29, 0.717) is 10.6 Å². The zero-order valence-corrected chi connectivity index (χ0v) is 13.4. The molecule has 1 N–H and O–H groups in total. The Morgan fingerprint density at radius 1 is 1.14 bits per heavy atom. The van der Waals surface area contributed by atoms with Crippen LogP contribution in [0.25, 0.3) is 0 Å². The van der Waals surface area contributed by atoms with E-state index in [2.05, 4.69) is 5.32 Å². The molecule has 0 aromatic heterocycles. The number of aryl methyl sites for hydroxylation is 2. The fraction of sp³-hybridized carbons (Fsp3) is 0.294. The van der Waals surface area contributed by atoms with E-state index in [1.807, 2.05) is 33.0 Å². The molecule has 1 atom stereocenters. The van der Waals surface area contributed by atoms with E-state index in [4.69, 9.17) is 16.3 Å². The molecule has 112 valence electrons. The molecule has 0 aliphatic heterocycles. The Morgan fingerprint density at radius 3 is 2.24 bits per heavy atom. The van der Waals surface area contributed by atoms with Gasteiger partial charge in [-0.1, -0.05) is 29.8 Å². The molecule has 0 spiro atoms. The Labute approximate surface area is 129 Å². The van der Waals surface area contributed by atoms with Crippen LogP contribution in [0.5, 0.6) is 5.75 Å². The Balaban J connectivity index is 2.51. The van der Waals surface area contributed by atoms with Crippen LogP contribution in [-0.4, -0.2) is 14.2 Å². The van der Waals surface area contributed by atoms with E-state index in [1.165, 1.54) is 6.07 Å². The Kier molecular flexibility index (Phi) is 4.86. The fourth-order valence-electron chi connectivity index (χ4n) is 2.71. The van der Waals surface area contributed by atoms with Gasteiger partial charge in [-0.05, 0) is 49.7 Å². The van der Waals surface area contributed by atoms with Crippen molar-refractivity contribution in [3.05, 3.63) is 63.4 Å². The molecule has 1 unspecified atom stereocenters. The quantitative estimate of drug-likeness (QED) is 0.903. The van der Waals surface area contributed by atoms with Gasteiger partial charge >= 0.3 is 0 Å². The highest BCUT2D eigenvalue weighted by Crippen LogP contribution is 2.31. The van der Waals surface area contributed by atoms with Crippen LogP contribution in [0.15, 0.2) is 30.3 Å².